The van der Waals surface area contributed by atoms with Crippen molar-refractivity contribution in [1.29, 1.82) is 0 Å². The molecular formula is C26H33N2O6S3Te+. The molecule has 8 nitrogen and oxygen atoms in total. The summed E-state index contributed by atoms with van der Waals surface area (Å²) < 4.78 is 52.5. The third-order valence-corrected chi connectivity index (χ3v) is 13.3. The van der Waals surface area contributed by atoms with Gasteiger partial charge in [0.25, 0.3) is 0 Å². The van der Waals surface area contributed by atoms with Crippen LogP contribution in [-0.2, 0) is 26.1 Å². The van der Waals surface area contributed by atoms with Crippen LogP contribution in [-0.4, -0.2) is 71.7 Å². The van der Waals surface area contributed by atoms with Crippen LogP contribution in [0.5, 0.6) is 5.75 Å². The van der Waals surface area contributed by atoms with Gasteiger partial charge in [-0.05, 0) is 0 Å². The molecule has 0 bridgehead atoms. The van der Waals surface area contributed by atoms with E-state index in [2.05, 4.69) is 41.5 Å². The summed E-state index contributed by atoms with van der Waals surface area (Å²) in [5.41, 5.74) is 2.16. The zero-order valence-electron chi connectivity index (χ0n) is 22.1. The fraction of sp³-hybridized carbons (Fsp3) is 0.423. The number of hydrogen-bond acceptors (Lipinski definition) is 8. The molecule has 0 radical (unpaired) electrons. The van der Waals surface area contributed by atoms with Gasteiger partial charge in [0.2, 0.25) is 0 Å². The number of thiazole rings is 1. The van der Waals surface area contributed by atoms with Crippen molar-refractivity contribution in [2.45, 2.75) is 42.3 Å². The Kier molecular flexibility index (Phi) is 9.90. The summed E-state index contributed by atoms with van der Waals surface area (Å²) in [4.78, 5) is 4.45. The zero-order chi connectivity index (χ0) is 27.4. The number of thioether (sulfide) groups is 1. The van der Waals surface area contributed by atoms with Crippen LogP contribution in [0.4, 0.5) is 5.69 Å². The Morgan fingerprint density at radius 3 is 2.66 bits per heavy atom. The van der Waals surface area contributed by atoms with E-state index in [0.717, 1.165) is 40.1 Å². The number of methoxy groups -OCH3 is 3. The van der Waals surface area contributed by atoms with Crippen molar-refractivity contribution >= 4 is 75.7 Å². The molecule has 12 heteroatoms. The van der Waals surface area contributed by atoms with Crippen LogP contribution in [0.15, 0.2) is 45.5 Å². The molecule has 1 N–H and O–H groups in total. The second-order valence-corrected chi connectivity index (χ2v) is 15.3. The molecule has 2 aliphatic rings. The molecule has 0 saturated carbocycles. The average molecular weight is 693 g/mol. The summed E-state index contributed by atoms with van der Waals surface area (Å²) in [6.07, 6.45) is 7.71. The number of aromatic nitrogens is 1. The van der Waals surface area contributed by atoms with Gasteiger partial charge in [-0.15, -0.1) is 0 Å². The van der Waals surface area contributed by atoms with Gasteiger partial charge in [-0.3, -0.25) is 4.55 Å². The molecule has 2 aromatic rings. The fourth-order valence-electron chi connectivity index (χ4n) is 4.25. The topological polar surface area (TPSA) is 89.2 Å². The molecule has 206 valence electrons. The Morgan fingerprint density at radius 1 is 1.24 bits per heavy atom. The molecule has 1 aromatic heterocycles. The summed E-state index contributed by atoms with van der Waals surface area (Å²) in [5, 5.41) is 2.22. The van der Waals surface area contributed by atoms with E-state index in [1.165, 1.54) is 19.2 Å². The molecule has 1 atom stereocenters. The minimum atomic E-state index is -4.02. The monoisotopic (exact) mass is 695 g/mol. The van der Waals surface area contributed by atoms with Gasteiger partial charge in [0.05, 0.1) is 7.11 Å². The predicted molar refractivity (Wildman–Crippen MR) is 155 cm³/mol. The minimum Gasteiger partial charge on any atom is -0.286 e. The van der Waals surface area contributed by atoms with Crippen molar-refractivity contribution in [2.24, 2.45) is 0 Å². The van der Waals surface area contributed by atoms with E-state index in [9.17, 15) is 13.0 Å². The molecule has 0 fully saturated rings. The zero-order valence-corrected chi connectivity index (χ0v) is 26.9. The summed E-state index contributed by atoms with van der Waals surface area (Å²) in [6.45, 7) is 5.66. The van der Waals surface area contributed by atoms with E-state index in [1.54, 1.807) is 44.4 Å². The molecule has 4 rings (SSSR count). The Labute approximate surface area is 243 Å². The molecule has 0 aliphatic carbocycles. The van der Waals surface area contributed by atoms with Crippen molar-refractivity contribution in [2.75, 3.05) is 38.5 Å². The van der Waals surface area contributed by atoms with Gasteiger partial charge in [-0.25, -0.2) is 0 Å². The molecule has 0 spiro atoms. The van der Waals surface area contributed by atoms with E-state index in [-0.39, 0.29) is 9.90 Å². The molecule has 3 heterocycles. The van der Waals surface area contributed by atoms with E-state index in [1.807, 2.05) is 18.2 Å². The number of allylic oxidation sites excluding steroid dienone is 2. The van der Waals surface area contributed by atoms with Crippen LogP contribution in [0.25, 0.3) is 12.2 Å². The van der Waals surface area contributed by atoms with Gasteiger partial charge in [0.15, 0.2) is 0 Å². The standard InChI is InChI=1S/C26H32N2O6S3Te/c1-6-17(13-23-27(7-2)25-22(36-23)16-20(33-4)26(34-5)38-25)14-24-28(11-8-12-37(29,30)31)19-15-18(32-3)9-10-21(19)35-24/h9-10,13-16,26H,6-8,11-12H2,1-5H3/p+1. The van der Waals surface area contributed by atoms with Gasteiger partial charge in [-0.1, -0.05) is 0 Å². The summed E-state index contributed by atoms with van der Waals surface area (Å²) >= 11 is 2.81. The normalized spacial score (nSPS) is 18.4. The van der Waals surface area contributed by atoms with Crippen LogP contribution in [0.1, 0.15) is 36.6 Å². The van der Waals surface area contributed by atoms with Crippen molar-refractivity contribution < 1.29 is 31.7 Å². The summed E-state index contributed by atoms with van der Waals surface area (Å²) in [6, 6.07) is 5.93. The minimum absolute atomic E-state index is 0.0385. The van der Waals surface area contributed by atoms with Gasteiger partial charge >= 0.3 is 224 Å². The first-order chi connectivity index (χ1) is 18.2. The summed E-state index contributed by atoms with van der Waals surface area (Å²) in [7, 11) is 1.05. The maximum absolute atomic E-state index is 11.4. The molecule has 38 heavy (non-hydrogen) atoms. The molecular weight excluding hydrogens is 660 g/mol. The van der Waals surface area contributed by atoms with Crippen LogP contribution in [0.2, 0.25) is 0 Å². The van der Waals surface area contributed by atoms with Crippen molar-refractivity contribution in [3.8, 4) is 5.75 Å². The number of anilines is 1. The number of hydrogen-bond donors (Lipinski definition) is 1. The summed E-state index contributed by atoms with van der Waals surface area (Å²) in [5.74, 6) is 1.36. The number of fused-ring (bicyclic) bond motifs is 2. The van der Waals surface area contributed by atoms with Gasteiger partial charge in [-0.2, -0.15) is 8.42 Å². The van der Waals surface area contributed by atoms with Crippen LogP contribution in [0.3, 0.4) is 0 Å². The number of rotatable bonds is 11. The van der Waals surface area contributed by atoms with E-state index >= 15 is 0 Å². The molecule has 0 saturated heterocycles. The Hall–Kier alpha value is -1.52. The number of nitrogens with zero attached hydrogens (tertiary/aromatic N) is 2. The predicted octanol–water partition coefficient (Wildman–Crippen LogP) is 3.89. The maximum atomic E-state index is 11.4. The Bertz CT molecular complexity index is 1380. The van der Waals surface area contributed by atoms with Crippen molar-refractivity contribution in [3.63, 3.8) is 0 Å². The third kappa shape index (κ3) is 6.61. The molecule has 1 unspecified atom stereocenters. The second-order valence-electron chi connectivity index (χ2n) is 8.57. The van der Waals surface area contributed by atoms with E-state index in [0.29, 0.717) is 13.0 Å². The first-order valence-electron chi connectivity index (χ1n) is 12.2. The van der Waals surface area contributed by atoms with Crippen LogP contribution < -0.4 is 17.9 Å². The van der Waals surface area contributed by atoms with Gasteiger partial charge in [0.1, 0.15) is 0 Å². The SMILES string of the molecule is CCC(=Cc1sc2c([n+]1CC)[Te]C(OC)C(OC)=C2)C=C1Sc2ccc(OC)cc2N1CCCS(=O)(=O)O. The van der Waals surface area contributed by atoms with Crippen LogP contribution >= 0.6 is 23.1 Å². The quantitative estimate of drug-likeness (QED) is 0.216. The van der Waals surface area contributed by atoms with Gasteiger partial charge in [0, 0.05) is 0 Å². The van der Waals surface area contributed by atoms with Crippen molar-refractivity contribution in [1.82, 2.24) is 0 Å². The number of ether oxygens (including phenoxy) is 3. The Morgan fingerprint density at radius 2 is 2.03 bits per heavy atom. The third-order valence-electron chi connectivity index (χ3n) is 6.17. The van der Waals surface area contributed by atoms with Gasteiger partial charge < -0.3 is 0 Å². The van der Waals surface area contributed by atoms with E-state index < -0.39 is 31.0 Å². The van der Waals surface area contributed by atoms with Crippen LogP contribution in [0, 0.1) is 0 Å². The molecule has 1 aromatic carbocycles. The van der Waals surface area contributed by atoms with E-state index in [4.69, 9.17) is 14.2 Å². The second kappa shape index (κ2) is 12.8. The smallest absolute Gasteiger partial charge is 0.286 e. The number of benzene rings is 1. The molecule has 0 amide bonds. The first-order valence-corrected chi connectivity index (χ1v) is 18.0. The molecule has 2 aliphatic heterocycles. The van der Waals surface area contributed by atoms with Crippen molar-refractivity contribution in [3.05, 3.63) is 50.5 Å². The first kappa shape index (κ1) is 29.5. The fourth-order valence-corrected chi connectivity index (χ4v) is 11.1. The Balaban J connectivity index is 1.70. The average Bonchev–Trinajstić information content (AvgIpc) is 3.42.